The number of rotatable bonds is 2. The number of nitrogens with zero attached hydrogens (tertiary/aromatic N) is 4. The maximum Gasteiger partial charge on any atom is 0.154 e. The number of morpholine rings is 1. The van der Waals surface area contributed by atoms with Crippen molar-refractivity contribution in [2.24, 2.45) is 0 Å². The maximum absolute atomic E-state index is 6.14. The molecule has 22 heavy (non-hydrogen) atoms. The van der Waals surface area contributed by atoms with Gasteiger partial charge < -0.3 is 4.74 Å². The zero-order chi connectivity index (χ0) is 14.9. The van der Waals surface area contributed by atoms with Gasteiger partial charge in [0.15, 0.2) is 5.15 Å². The van der Waals surface area contributed by atoms with Crippen molar-refractivity contribution in [3.8, 4) is 0 Å². The first-order valence-electron chi connectivity index (χ1n) is 8.12. The van der Waals surface area contributed by atoms with Crippen molar-refractivity contribution in [3.63, 3.8) is 0 Å². The Hall–Kier alpha value is -1.17. The van der Waals surface area contributed by atoms with E-state index in [0.717, 1.165) is 43.7 Å². The van der Waals surface area contributed by atoms with E-state index < -0.39 is 0 Å². The molecule has 0 spiro atoms. The van der Waals surface area contributed by atoms with Gasteiger partial charge in [-0.05, 0) is 25.7 Å². The van der Waals surface area contributed by atoms with E-state index in [9.17, 15) is 0 Å². The third-order valence-corrected chi connectivity index (χ3v) is 5.36. The Labute approximate surface area is 135 Å². The fraction of sp³-hybridized carbons (Fsp3) is 0.625. The highest BCUT2D eigenvalue weighted by atomic mass is 35.5. The number of hydrogen-bond donors (Lipinski definition) is 0. The van der Waals surface area contributed by atoms with Crippen LogP contribution in [0.3, 0.4) is 0 Å². The molecule has 1 saturated heterocycles. The highest BCUT2D eigenvalue weighted by Crippen LogP contribution is 2.35. The van der Waals surface area contributed by atoms with Crippen LogP contribution in [-0.4, -0.2) is 51.6 Å². The average Bonchev–Trinajstić information content (AvgIpc) is 3.01. The summed E-state index contributed by atoms with van der Waals surface area (Å²) in [5.74, 6) is 1.66. The van der Waals surface area contributed by atoms with E-state index in [4.69, 9.17) is 16.3 Å². The Morgan fingerprint density at radius 3 is 2.64 bits per heavy atom. The van der Waals surface area contributed by atoms with Crippen LogP contribution in [0.1, 0.15) is 37.4 Å². The van der Waals surface area contributed by atoms with Crippen molar-refractivity contribution in [2.45, 2.75) is 37.6 Å². The van der Waals surface area contributed by atoms with E-state index in [0.29, 0.717) is 11.1 Å². The summed E-state index contributed by atoms with van der Waals surface area (Å²) in [6, 6.07) is 0.719. The van der Waals surface area contributed by atoms with Crippen LogP contribution in [-0.2, 0) is 4.74 Å². The summed E-state index contributed by atoms with van der Waals surface area (Å²) in [7, 11) is 0. The minimum atomic E-state index is 0.526. The van der Waals surface area contributed by atoms with E-state index in [1.807, 2.05) is 12.4 Å². The van der Waals surface area contributed by atoms with Gasteiger partial charge in [0.1, 0.15) is 11.3 Å². The lowest BCUT2D eigenvalue weighted by atomic mass is 9.84. The van der Waals surface area contributed by atoms with Crippen LogP contribution in [0.4, 0.5) is 0 Å². The van der Waals surface area contributed by atoms with E-state index in [-0.39, 0.29) is 0 Å². The molecule has 0 atom stereocenters. The van der Waals surface area contributed by atoms with Gasteiger partial charge in [0.2, 0.25) is 0 Å². The Morgan fingerprint density at radius 1 is 1.09 bits per heavy atom. The first-order chi connectivity index (χ1) is 10.8. The largest absolute Gasteiger partial charge is 0.379 e. The van der Waals surface area contributed by atoms with Crippen molar-refractivity contribution in [1.82, 2.24) is 19.3 Å². The van der Waals surface area contributed by atoms with E-state index >= 15 is 0 Å². The minimum Gasteiger partial charge on any atom is -0.379 e. The van der Waals surface area contributed by atoms with Crippen LogP contribution < -0.4 is 0 Å². The fourth-order valence-electron chi connectivity index (χ4n) is 3.86. The summed E-state index contributed by atoms with van der Waals surface area (Å²) in [5, 5.41) is 0.531. The van der Waals surface area contributed by atoms with Crippen LogP contribution >= 0.6 is 11.6 Å². The summed E-state index contributed by atoms with van der Waals surface area (Å²) < 4.78 is 7.56. The smallest absolute Gasteiger partial charge is 0.154 e. The molecule has 6 heteroatoms. The van der Waals surface area contributed by atoms with Crippen LogP contribution in [0, 0.1) is 0 Å². The number of ether oxygens (including phenoxy) is 1. The van der Waals surface area contributed by atoms with Gasteiger partial charge >= 0.3 is 0 Å². The van der Waals surface area contributed by atoms with Crippen LogP contribution in [0.2, 0.25) is 5.15 Å². The molecule has 0 bridgehead atoms. The summed E-state index contributed by atoms with van der Waals surface area (Å²) in [4.78, 5) is 11.3. The Balaban J connectivity index is 1.47. The normalized spacial score (nSPS) is 27.3. The third-order valence-electron chi connectivity index (χ3n) is 5.06. The molecule has 1 saturated carbocycles. The lowest BCUT2D eigenvalue weighted by Gasteiger charge is -2.38. The molecule has 0 N–H and O–H groups in total. The number of fused-ring (bicyclic) bond motifs is 1. The fourth-order valence-corrected chi connectivity index (χ4v) is 4.06. The van der Waals surface area contributed by atoms with Crippen LogP contribution in [0.5, 0.6) is 0 Å². The zero-order valence-corrected chi connectivity index (χ0v) is 13.4. The molecule has 5 nitrogen and oxygen atoms in total. The maximum atomic E-state index is 6.14. The van der Waals surface area contributed by atoms with E-state index in [1.54, 1.807) is 6.20 Å². The predicted octanol–water partition coefficient (Wildman–Crippen LogP) is 2.74. The van der Waals surface area contributed by atoms with Crippen molar-refractivity contribution >= 4 is 17.1 Å². The molecule has 2 fully saturated rings. The van der Waals surface area contributed by atoms with Crippen molar-refractivity contribution in [2.75, 3.05) is 26.3 Å². The topological polar surface area (TPSA) is 42.7 Å². The lowest BCUT2D eigenvalue weighted by molar-refractivity contribution is 0.00710. The molecular formula is C16H21ClN4O. The molecule has 3 heterocycles. The monoisotopic (exact) mass is 320 g/mol. The Bertz CT molecular complexity index is 645. The molecule has 2 aromatic heterocycles. The standard InChI is InChI=1S/C16H21ClN4O/c17-15-14-11-19-16(21(14)6-5-18-15)12-1-3-13(4-2-12)20-7-9-22-10-8-20/h5-6,11-13H,1-4,7-10H2. The second kappa shape index (κ2) is 6.14. The molecule has 0 amide bonds. The second-order valence-corrected chi connectivity index (χ2v) is 6.60. The number of halogens is 1. The highest BCUT2D eigenvalue weighted by molar-refractivity contribution is 6.32. The minimum absolute atomic E-state index is 0.526. The molecule has 1 aliphatic heterocycles. The number of hydrogen-bond acceptors (Lipinski definition) is 4. The van der Waals surface area contributed by atoms with Gasteiger partial charge in [0.25, 0.3) is 0 Å². The van der Waals surface area contributed by atoms with Gasteiger partial charge in [-0.3, -0.25) is 9.30 Å². The van der Waals surface area contributed by atoms with Gasteiger partial charge in [0, 0.05) is 37.4 Å². The highest BCUT2D eigenvalue weighted by Gasteiger charge is 2.29. The molecule has 0 radical (unpaired) electrons. The Kier molecular flexibility index (Phi) is 4.03. The zero-order valence-electron chi connectivity index (χ0n) is 12.6. The van der Waals surface area contributed by atoms with Gasteiger partial charge in [0.05, 0.1) is 19.4 Å². The van der Waals surface area contributed by atoms with Crippen molar-refractivity contribution in [3.05, 3.63) is 29.6 Å². The third kappa shape index (κ3) is 2.62. The van der Waals surface area contributed by atoms with Crippen LogP contribution in [0.25, 0.3) is 5.52 Å². The molecular weight excluding hydrogens is 300 g/mol. The summed E-state index contributed by atoms with van der Waals surface area (Å²) in [6.07, 6.45) is 10.5. The quantitative estimate of drug-likeness (QED) is 0.853. The molecule has 2 aromatic rings. The molecule has 0 unspecified atom stereocenters. The van der Waals surface area contributed by atoms with Gasteiger partial charge in [-0.1, -0.05) is 11.6 Å². The summed E-state index contributed by atoms with van der Waals surface area (Å²) in [5.41, 5.74) is 0.912. The van der Waals surface area contributed by atoms with E-state index in [1.165, 1.54) is 25.7 Å². The SMILES string of the molecule is Clc1nccn2c(C3CCC(N4CCOCC4)CC3)ncc12. The second-order valence-electron chi connectivity index (χ2n) is 6.24. The molecule has 118 valence electrons. The van der Waals surface area contributed by atoms with E-state index in [2.05, 4.69) is 19.3 Å². The number of aromatic nitrogens is 3. The molecule has 1 aliphatic carbocycles. The lowest BCUT2D eigenvalue weighted by Crippen LogP contribution is -2.44. The molecule has 2 aliphatic rings. The predicted molar refractivity (Wildman–Crippen MR) is 85.4 cm³/mol. The summed E-state index contributed by atoms with van der Waals surface area (Å²) >= 11 is 6.14. The Morgan fingerprint density at radius 2 is 1.86 bits per heavy atom. The number of imidazole rings is 1. The first-order valence-corrected chi connectivity index (χ1v) is 8.50. The first kappa shape index (κ1) is 14.4. The van der Waals surface area contributed by atoms with Gasteiger partial charge in [-0.2, -0.15) is 0 Å². The molecule has 4 rings (SSSR count). The average molecular weight is 321 g/mol. The van der Waals surface area contributed by atoms with Crippen LogP contribution in [0.15, 0.2) is 18.6 Å². The van der Waals surface area contributed by atoms with Gasteiger partial charge in [-0.25, -0.2) is 9.97 Å². The molecule has 0 aromatic carbocycles. The van der Waals surface area contributed by atoms with Gasteiger partial charge in [-0.15, -0.1) is 0 Å². The van der Waals surface area contributed by atoms with Crippen molar-refractivity contribution in [1.29, 1.82) is 0 Å². The summed E-state index contributed by atoms with van der Waals surface area (Å²) in [6.45, 7) is 3.94. The van der Waals surface area contributed by atoms with Crippen molar-refractivity contribution < 1.29 is 4.74 Å².